The number of carbonyl (C=O) groups excluding carboxylic acids is 3. The average molecular weight is 407 g/mol. The Kier molecular flexibility index (Phi) is 7.60. The molecule has 0 atom stereocenters. The number of benzene rings is 1. The van der Waals surface area contributed by atoms with Crippen LogP contribution in [-0.2, 0) is 19.1 Å². The fourth-order valence-corrected chi connectivity index (χ4v) is 2.47. The number of nitro benzene ring substituents is 1. The standard InChI is InChI=1S/C17H21N5O7/c1-11(19-20-16(24)17(25)21-5-7-29-8-6-21)9-15(23)18-13-4-3-12(28-2)10-14(13)22(26)27/h3-4,10H,5-9H2,1-2H3,(H,18,23)(H,20,24). The van der Waals surface area contributed by atoms with Crippen molar-refractivity contribution < 1.29 is 28.8 Å². The first-order chi connectivity index (χ1) is 13.8. The van der Waals surface area contributed by atoms with Gasteiger partial charge in [-0.1, -0.05) is 0 Å². The maximum atomic E-state index is 12.1. The van der Waals surface area contributed by atoms with Gasteiger partial charge < -0.3 is 19.7 Å². The van der Waals surface area contributed by atoms with Crippen molar-refractivity contribution in [1.29, 1.82) is 0 Å². The molecule has 3 amide bonds. The number of nitrogens with zero attached hydrogens (tertiary/aromatic N) is 3. The fraction of sp³-hybridized carbons (Fsp3) is 0.412. The van der Waals surface area contributed by atoms with Crippen molar-refractivity contribution in [1.82, 2.24) is 10.3 Å². The monoisotopic (exact) mass is 407 g/mol. The zero-order valence-corrected chi connectivity index (χ0v) is 16.0. The maximum absolute atomic E-state index is 12.1. The van der Waals surface area contributed by atoms with E-state index in [1.165, 1.54) is 37.1 Å². The molecule has 0 spiro atoms. The van der Waals surface area contributed by atoms with E-state index >= 15 is 0 Å². The minimum atomic E-state index is -0.919. The van der Waals surface area contributed by atoms with Gasteiger partial charge in [0.05, 0.1) is 37.7 Å². The molecular formula is C17H21N5O7. The number of ether oxygens (including phenoxy) is 2. The second-order valence-corrected chi connectivity index (χ2v) is 6.06. The van der Waals surface area contributed by atoms with E-state index in [1.807, 2.05) is 0 Å². The third-order valence-corrected chi connectivity index (χ3v) is 3.93. The van der Waals surface area contributed by atoms with Crippen LogP contribution < -0.4 is 15.5 Å². The molecule has 1 aromatic carbocycles. The molecule has 1 aliphatic heterocycles. The Labute approximate surface area is 166 Å². The number of amides is 3. The van der Waals surface area contributed by atoms with Crippen LogP contribution >= 0.6 is 0 Å². The second-order valence-electron chi connectivity index (χ2n) is 6.06. The third-order valence-electron chi connectivity index (χ3n) is 3.93. The highest BCUT2D eigenvalue weighted by Gasteiger charge is 2.23. The molecule has 12 heteroatoms. The number of anilines is 1. The molecule has 2 rings (SSSR count). The number of hydrazone groups is 1. The fourth-order valence-electron chi connectivity index (χ4n) is 2.47. The summed E-state index contributed by atoms with van der Waals surface area (Å²) in [6.07, 6.45) is -0.241. The molecule has 0 aliphatic carbocycles. The summed E-state index contributed by atoms with van der Waals surface area (Å²) in [7, 11) is 1.37. The first-order valence-corrected chi connectivity index (χ1v) is 8.64. The zero-order chi connectivity index (χ0) is 21.4. The Balaban J connectivity index is 1.92. The van der Waals surface area contributed by atoms with Crippen molar-refractivity contribution in [2.75, 3.05) is 38.7 Å². The molecule has 1 fully saturated rings. The highest BCUT2D eigenvalue weighted by atomic mass is 16.6. The van der Waals surface area contributed by atoms with Crippen LogP contribution in [0.25, 0.3) is 0 Å². The minimum Gasteiger partial charge on any atom is -0.496 e. The van der Waals surface area contributed by atoms with Crippen LogP contribution in [-0.4, -0.2) is 66.7 Å². The highest BCUT2D eigenvalue weighted by Crippen LogP contribution is 2.28. The molecule has 1 aliphatic rings. The summed E-state index contributed by atoms with van der Waals surface area (Å²) in [5, 5.41) is 17.3. The second kappa shape index (κ2) is 10.1. The van der Waals surface area contributed by atoms with Crippen molar-refractivity contribution in [3.63, 3.8) is 0 Å². The van der Waals surface area contributed by atoms with Gasteiger partial charge >= 0.3 is 11.8 Å². The Bertz CT molecular complexity index is 833. The normalized spacial score (nSPS) is 14.1. The Morgan fingerprint density at radius 1 is 1.31 bits per heavy atom. The van der Waals surface area contributed by atoms with Crippen LogP contribution in [0.4, 0.5) is 11.4 Å². The summed E-state index contributed by atoms with van der Waals surface area (Å²) >= 11 is 0. The number of rotatable bonds is 6. The maximum Gasteiger partial charge on any atom is 0.329 e. The van der Waals surface area contributed by atoms with E-state index in [0.29, 0.717) is 26.3 Å². The quantitative estimate of drug-likeness (QED) is 0.297. The van der Waals surface area contributed by atoms with Crippen LogP contribution in [0.3, 0.4) is 0 Å². The van der Waals surface area contributed by atoms with Crippen LogP contribution in [0.15, 0.2) is 23.3 Å². The topological polar surface area (TPSA) is 152 Å². The molecule has 0 radical (unpaired) electrons. The molecule has 1 saturated heterocycles. The summed E-state index contributed by atoms with van der Waals surface area (Å²) in [5.41, 5.74) is 1.99. The first kappa shape index (κ1) is 21.8. The molecule has 0 bridgehead atoms. The summed E-state index contributed by atoms with van der Waals surface area (Å²) in [6, 6.07) is 4.01. The third kappa shape index (κ3) is 6.24. The van der Waals surface area contributed by atoms with Gasteiger partial charge in [-0.05, 0) is 19.1 Å². The van der Waals surface area contributed by atoms with Crippen molar-refractivity contribution in [3.05, 3.63) is 28.3 Å². The van der Waals surface area contributed by atoms with E-state index in [-0.39, 0.29) is 29.3 Å². The van der Waals surface area contributed by atoms with Gasteiger partial charge in [-0.2, -0.15) is 5.10 Å². The van der Waals surface area contributed by atoms with Gasteiger partial charge in [0.2, 0.25) is 5.91 Å². The molecule has 156 valence electrons. The van der Waals surface area contributed by atoms with Gasteiger partial charge in [0.25, 0.3) is 5.69 Å². The van der Waals surface area contributed by atoms with E-state index in [9.17, 15) is 24.5 Å². The van der Waals surface area contributed by atoms with Gasteiger partial charge in [-0.25, -0.2) is 5.43 Å². The number of hydrogen-bond donors (Lipinski definition) is 2. The SMILES string of the molecule is COc1ccc(NC(=O)CC(C)=NNC(=O)C(=O)N2CCOCC2)c([N+](=O)[O-])c1. The molecule has 0 aromatic heterocycles. The number of nitrogens with one attached hydrogen (secondary N) is 2. The molecule has 1 aromatic rings. The van der Waals surface area contributed by atoms with E-state index in [1.54, 1.807) is 0 Å². The van der Waals surface area contributed by atoms with E-state index < -0.39 is 22.6 Å². The smallest absolute Gasteiger partial charge is 0.329 e. The lowest BCUT2D eigenvalue weighted by Gasteiger charge is -2.25. The number of methoxy groups -OCH3 is 1. The molecule has 29 heavy (non-hydrogen) atoms. The van der Waals surface area contributed by atoms with Gasteiger partial charge in [-0.15, -0.1) is 0 Å². The lowest BCUT2D eigenvalue weighted by atomic mass is 10.2. The lowest BCUT2D eigenvalue weighted by Crippen LogP contribution is -2.47. The summed E-state index contributed by atoms with van der Waals surface area (Å²) in [5.74, 6) is -1.95. The van der Waals surface area contributed by atoms with Gasteiger partial charge in [0.1, 0.15) is 11.4 Å². The van der Waals surface area contributed by atoms with E-state index in [0.717, 1.165) is 0 Å². The van der Waals surface area contributed by atoms with E-state index in [2.05, 4.69) is 15.8 Å². The highest BCUT2D eigenvalue weighted by molar-refractivity contribution is 6.35. The number of morpholine rings is 1. The largest absolute Gasteiger partial charge is 0.496 e. The molecular weight excluding hydrogens is 386 g/mol. The minimum absolute atomic E-state index is 0.000121. The summed E-state index contributed by atoms with van der Waals surface area (Å²) < 4.78 is 10.0. The van der Waals surface area contributed by atoms with Crippen molar-refractivity contribution in [2.45, 2.75) is 13.3 Å². The van der Waals surface area contributed by atoms with Crippen LogP contribution in [0.1, 0.15) is 13.3 Å². The average Bonchev–Trinajstić information content (AvgIpc) is 2.72. The molecule has 12 nitrogen and oxygen atoms in total. The number of carbonyl (C=O) groups is 3. The number of nitro groups is 1. The van der Waals surface area contributed by atoms with Crippen LogP contribution in [0.5, 0.6) is 5.75 Å². The lowest BCUT2D eigenvalue weighted by molar-refractivity contribution is -0.384. The van der Waals surface area contributed by atoms with Crippen molar-refractivity contribution in [3.8, 4) is 5.75 Å². The molecule has 1 heterocycles. The zero-order valence-electron chi connectivity index (χ0n) is 16.0. The molecule has 0 saturated carbocycles. The van der Waals surface area contributed by atoms with Crippen molar-refractivity contribution >= 4 is 34.8 Å². The van der Waals surface area contributed by atoms with Gasteiger partial charge in [0.15, 0.2) is 0 Å². The Hall–Kier alpha value is -3.54. The van der Waals surface area contributed by atoms with Crippen molar-refractivity contribution in [2.24, 2.45) is 5.10 Å². The van der Waals surface area contributed by atoms with Gasteiger partial charge in [-0.3, -0.25) is 24.5 Å². The Morgan fingerprint density at radius 3 is 2.62 bits per heavy atom. The molecule has 0 unspecified atom stereocenters. The first-order valence-electron chi connectivity index (χ1n) is 8.64. The van der Waals surface area contributed by atoms with Crippen LogP contribution in [0.2, 0.25) is 0 Å². The Morgan fingerprint density at radius 2 is 2.00 bits per heavy atom. The van der Waals surface area contributed by atoms with Gasteiger partial charge in [0, 0.05) is 18.8 Å². The van der Waals surface area contributed by atoms with E-state index in [4.69, 9.17) is 9.47 Å². The van der Waals surface area contributed by atoms with Crippen LogP contribution in [0, 0.1) is 10.1 Å². The predicted octanol–water partition coefficient (Wildman–Crippen LogP) is 0.283. The summed E-state index contributed by atoms with van der Waals surface area (Å²) in [6.45, 7) is 2.83. The summed E-state index contributed by atoms with van der Waals surface area (Å²) in [4.78, 5) is 47.8. The molecule has 2 N–H and O–H groups in total. The number of hydrogen-bond acceptors (Lipinski definition) is 8. The predicted molar refractivity (Wildman–Crippen MR) is 102 cm³/mol.